The molecule has 3 aliphatic rings. The number of hydrogen-bond donors (Lipinski definition) is 1. The summed E-state index contributed by atoms with van der Waals surface area (Å²) in [6.45, 7) is 0. The van der Waals surface area contributed by atoms with Gasteiger partial charge in [-0.3, -0.25) is 10.2 Å². The fraction of sp³-hybridized carbons (Fsp3) is 0.421. The molecule has 0 saturated carbocycles. The molecule has 0 aliphatic carbocycles. The predicted octanol–water partition coefficient (Wildman–Crippen LogP) is 3.72. The largest absolute Gasteiger partial charge is 0.446 e. The Kier molecular flexibility index (Phi) is 3.77. The second-order valence-electron chi connectivity index (χ2n) is 7.16. The van der Waals surface area contributed by atoms with Gasteiger partial charge in [0.1, 0.15) is 24.1 Å². The maximum absolute atomic E-state index is 13.7. The first-order chi connectivity index (χ1) is 12.6. The predicted molar refractivity (Wildman–Crippen MR) is 96.8 cm³/mol. The lowest BCUT2D eigenvalue weighted by Crippen LogP contribution is -2.48. The molecule has 2 bridgehead atoms. The van der Waals surface area contributed by atoms with Crippen LogP contribution in [0.2, 0.25) is 0 Å². The lowest BCUT2D eigenvalue weighted by Gasteiger charge is -2.37. The number of epoxide rings is 1. The Labute approximate surface area is 154 Å². The molecular formula is C19H19FN2O3S. The Morgan fingerprint density at radius 1 is 1.31 bits per heavy atom. The molecule has 0 spiro atoms. The van der Waals surface area contributed by atoms with Gasteiger partial charge in [0.2, 0.25) is 0 Å². The maximum Gasteiger partial charge on any atom is 0.411 e. The van der Waals surface area contributed by atoms with Gasteiger partial charge in [-0.1, -0.05) is 6.07 Å². The van der Waals surface area contributed by atoms with Crippen molar-refractivity contribution in [1.82, 2.24) is 4.90 Å². The lowest BCUT2D eigenvalue weighted by atomic mass is 9.99. The van der Waals surface area contributed by atoms with Crippen LogP contribution < -0.4 is 5.32 Å². The van der Waals surface area contributed by atoms with Gasteiger partial charge in [0.15, 0.2) is 0 Å². The maximum atomic E-state index is 13.7. The van der Waals surface area contributed by atoms with Crippen LogP contribution in [0.15, 0.2) is 35.7 Å². The number of nitrogens with zero attached hydrogens (tertiary/aromatic N) is 1. The van der Waals surface area contributed by atoms with E-state index in [1.165, 1.54) is 23.5 Å². The van der Waals surface area contributed by atoms with Gasteiger partial charge in [-0.05, 0) is 36.7 Å². The number of nitrogens with one attached hydrogen (secondary N) is 1. The van der Waals surface area contributed by atoms with Crippen LogP contribution in [-0.2, 0) is 9.47 Å². The summed E-state index contributed by atoms with van der Waals surface area (Å²) in [4.78, 5) is 15.7. The van der Waals surface area contributed by atoms with Crippen LogP contribution in [0.5, 0.6) is 0 Å². The van der Waals surface area contributed by atoms with Gasteiger partial charge in [-0.15, -0.1) is 11.3 Å². The average Bonchev–Trinajstić information content (AvgIpc) is 3.16. The van der Waals surface area contributed by atoms with E-state index >= 15 is 0 Å². The smallest absolute Gasteiger partial charge is 0.411 e. The molecule has 3 saturated heterocycles. The minimum absolute atomic E-state index is 0.108. The van der Waals surface area contributed by atoms with Crippen LogP contribution in [-0.4, -0.2) is 48.4 Å². The summed E-state index contributed by atoms with van der Waals surface area (Å²) in [6.07, 6.45) is 1.61. The van der Waals surface area contributed by atoms with E-state index in [0.29, 0.717) is 35.5 Å². The summed E-state index contributed by atoms with van der Waals surface area (Å²) >= 11 is 1.50. The average molecular weight is 374 g/mol. The van der Waals surface area contributed by atoms with Gasteiger partial charge >= 0.3 is 6.09 Å². The van der Waals surface area contributed by atoms with E-state index < -0.39 is 6.09 Å². The number of piperidine rings is 1. The summed E-state index contributed by atoms with van der Waals surface area (Å²) in [5.74, 6) is -0.335. The number of carbonyl (C=O) groups is 1. The number of halogens is 1. The highest BCUT2D eigenvalue weighted by Crippen LogP contribution is 2.48. The number of likely N-dealkylation sites (N-methyl/N-ethyl adjacent to an activating group) is 1. The molecule has 3 fully saturated rings. The van der Waals surface area contributed by atoms with Crippen molar-refractivity contribution in [2.75, 3.05) is 12.4 Å². The Morgan fingerprint density at radius 3 is 2.77 bits per heavy atom. The number of benzene rings is 1. The molecule has 1 unspecified atom stereocenters. The Hall–Kier alpha value is -1.96. The Morgan fingerprint density at radius 2 is 2.08 bits per heavy atom. The number of thiophene rings is 1. The quantitative estimate of drug-likeness (QED) is 0.832. The lowest BCUT2D eigenvalue weighted by molar-refractivity contribution is -0.00502. The van der Waals surface area contributed by atoms with E-state index in [-0.39, 0.29) is 11.9 Å². The third kappa shape index (κ3) is 2.71. The standard InChI is InChI=1S/C19H19FN2O3S/c1-22-14-8-11(9-15(22)18-17(14)25-18)24-19(23)21-13-5-4-10(20)7-12(13)16-3-2-6-26-16/h2-7,11,14-15,17-18H,8-9H2,1H3,(H,21,23)/t11?,14-,15+,17+,18-. The van der Waals surface area contributed by atoms with Crippen LogP contribution in [0.4, 0.5) is 14.9 Å². The van der Waals surface area contributed by atoms with Crippen molar-refractivity contribution in [3.8, 4) is 10.4 Å². The van der Waals surface area contributed by atoms with Crippen LogP contribution >= 0.6 is 11.3 Å². The van der Waals surface area contributed by atoms with Gasteiger partial charge in [0, 0.05) is 35.4 Å². The highest BCUT2D eigenvalue weighted by Gasteiger charge is 2.62. The molecule has 1 N–H and O–H groups in total. The van der Waals surface area contributed by atoms with E-state index in [2.05, 4.69) is 17.3 Å². The number of amides is 1. The Bertz CT molecular complexity index is 825. The summed E-state index contributed by atoms with van der Waals surface area (Å²) in [5, 5.41) is 4.71. The zero-order valence-electron chi connectivity index (χ0n) is 14.2. The van der Waals surface area contributed by atoms with E-state index in [1.807, 2.05) is 17.5 Å². The second kappa shape index (κ2) is 6.04. The summed E-state index contributed by atoms with van der Waals surface area (Å²) in [5.41, 5.74) is 1.22. The van der Waals surface area contributed by atoms with Gasteiger partial charge in [0.25, 0.3) is 0 Å². The van der Waals surface area contributed by atoms with E-state index in [1.54, 1.807) is 6.07 Å². The number of ether oxygens (including phenoxy) is 2. The van der Waals surface area contributed by atoms with Crippen molar-refractivity contribution < 1.29 is 18.7 Å². The minimum atomic E-state index is -0.488. The SMILES string of the molecule is CN1[C@@H]2CC(OC(=O)Nc3ccc(F)cc3-c3cccs3)C[C@H]1[C@H]1O[C@H]12. The van der Waals surface area contributed by atoms with Gasteiger partial charge < -0.3 is 9.47 Å². The number of anilines is 1. The monoisotopic (exact) mass is 374 g/mol. The molecule has 1 amide bonds. The van der Waals surface area contributed by atoms with Crippen LogP contribution in [0.3, 0.4) is 0 Å². The number of carbonyl (C=O) groups excluding carboxylic acids is 1. The molecule has 5 atom stereocenters. The Balaban J connectivity index is 1.28. The first-order valence-corrected chi connectivity index (χ1v) is 9.66. The minimum Gasteiger partial charge on any atom is -0.446 e. The molecule has 2 aromatic rings. The topological polar surface area (TPSA) is 54.1 Å². The fourth-order valence-corrected chi connectivity index (χ4v) is 5.11. The zero-order chi connectivity index (χ0) is 17.8. The number of rotatable bonds is 3. The van der Waals surface area contributed by atoms with Crippen molar-refractivity contribution in [1.29, 1.82) is 0 Å². The van der Waals surface area contributed by atoms with Gasteiger partial charge in [-0.2, -0.15) is 0 Å². The van der Waals surface area contributed by atoms with E-state index in [9.17, 15) is 9.18 Å². The fourth-order valence-electron chi connectivity index (χ4n) is 4.35. The number of hydrogen-bond acceptors (Lipinski definition) is 5. The molecule has 3 aliphatic heterocycles. The second-order valence-corrected chi connectivity index (χ2v) is 8.10. The van der Waals surface area contributed by atoms with Crippen LogP contribution in [0.1, 0.15) is 12.8 Å². The molecule has 136 valence electrons. The summed E-state index contributed by atoms with van der Waals surface area (Å²) in [7, 11) is 2.12. The first kappa shape index (κ1) is 16.2. The molecule has 0 radical (unpaired) electrons. The third-order valence-electron chi connectivity index (χ3n) is 5.65. The van der Waals surface area contributed by atoms with Crippen molar-refractivity contribution in [2.24, 2.45) is 0 Å². The van der Waals surface area contributed by atoms with Gasteiger partial charge in [-0.25, -0.2) is 9.18 Å². The molecule has 1 aromatic carbocycles. The first-order valence-electron chi connectivity index (χ1n) is 8.78. The van der Waals surface area contributed by atoms with Crippen molar-refractivity contribution >= 4 is 23.1 Å². The molecule has 5 rings (SSSR count). The molecule has 1 aromatic heterocycles. The molecule has 4 heterocycles. The van der Waals surface area contributed by atoms with E-state index in [0.717, 1.165) is 17.7 Å². The number of fused-ring (bicyclic) bond motifs is 5. The van der Waals surface area contributed by atoms with E-state index in [4.69, 9.17) is 9.47 Å². The van der Waals surface area contributed by atoms with Crippen LogP contribution in [0.25, 0.3) is 10.4 Å². The summed E-state index contributed by atoms with van der Waals surface area (Å²) < 4.78 is 25.0. The third-order valence-corrected chi connectivity index (χ3v) is 6.56. The van der Waals surface area contributed by atoms with Crippen molar-refractivity contribution in [2.45, 2.75) is 43.2 Å². The molecular weight excluding hydrogens is 355 g/mol. The normalized spacial score (nSPS) is 32.2. The van der Waals surface area contributed by atoms with Crippen molar-refractivity contribution in [3.63, 3.8) is 0 Å². The zero-order valence-corrected chi connectivity index (χ0v) is 15.0. The molecule has 7 heteroatoms. The number of morpholine rings is 1. The van der Waals surface area contributed by atoms with Crippen LogP contribution in [0, 0.1) is 5.82 Å². The van der Waals surface area contributed by atoms with Gasteiger partial charge in [0.05, 0.1) is 5.69 Å². The highest BCUT2D eigenvalue weighted by atomic mass is 32.1. The summed E-state index contributed by atoms with van der Waals surface area (Å²) in [6, 6.07) is 8.82. The highest BCUT2D eigenvalue weighted by molar-refractivity contribution is 7.13. The van der Waals surface area contributed by atoms with Crippen molar-refractivity contribution in [3.05, 3.63) is 41.5 Å². The molecule has 5 nitrogen and oxygen atoms in total. The molecule has 26 heavy (non-hydrogen) atoms.